The summed E-state index contributed by atoms with van der Waals surface area (Å²) in [5.74, 6) is 1.02. The third-order valence-corrected chi connectivity index (χ3v) is 6.64. The van der Waals surface area contributed by atoms with Crippen LogP contribution in [0.3, 0.4) is 0 Å². The van der Waals surface area contributed by atoms with Crippen LogP contribution in [0.2, 0.25) is 0 Å². The molecule has 0 radical (unpaired) electrons. The molecule has 0 unspecified atom stereocenters. The van der Waals surface area contributed by atoms with E-state index < -0.39 is 4.92 Å². The van der Waals surface area contributed by atoms with Crippen molar-refractivity contribution in [3.63, 3.8) is 0 Å². The Labute approximate surface area is 197 Å². The van der Waals surface area contributed by atoms with E-state index >= 15 is 0 Å². The summed E-state index contributed by atoms with van der Waals surface area (Å²) in [6.07, 6.45) is 0.783. The van der Waals surface area contributed by atoms with Crippen molar-refractivity contribution in [2.24, 2.45) is 0 Å². The summed E-state index contributed by atoms with van der Waals surface area (Å²) in [5.41, 5.74) is 1.96. The van der Waals surface area contributed by atoms with Crippen LogP contribution in [0, 0.1) is 10.1 Å². The van der Waals surface area contributed by atoms with Gasteiger partial charge >= 0.3 is 0 Å². The number of likely N-dealkylation sites (tertiary alicyclic amines) is 1. The van der Waals surface area contributed by atoms with Gasteiger partial charge in [-0.15, -0.1) is 0 Å². The number of ether oxygens (including phenoxy) is 2. The van der Waals surface area contributed by atoms with Gasteiger partial charge in [0.15, 0.2) is 17.5 Å². The van der Waals surface area contributed by atoms with Gasteiger partial charge < -0.3 is 19.3 Å². The molecule has 2 fully saturated rings. The molecule has 2 heterocycles. The monoisotopic (exact) mass is 469 g/mol. The first kappa shape index (κ1) is 23.5. The number of benzene rings is 2. The molecule has 10 nitrogen and oxygen atoms in total. The van der Waals surface area contributed by atoms with Crippen LogP contribution in [0.25, 0.3) is 0 Å². The molecule has 1 N–H and O–H groups in total. The number of piperazine rings is 1. The van der Waals surface area contributed by atoms with Crippen molar-refractivity contribution in [3.8, 4) is 11.5 Å². The number of hydrogen-bond acceptors (Lipinski definition) is 7. The van der Waals surface area contributed by atoms with E-state index in [0.717, 1.165) is 42.3 Å². The Bertz CT molecular complexity index is 1070. The third kappa shape index (κ3) is 4.81. The molecule has 0 aliphatic carbocycles. The lowest BCUT2D eigenvalue weighted by Crippen LogP contribution is -3.19. The summed E-state index contributed by atoms with van der Waals surface area (Å²) in [6, 6.07) is 11.8. The van der Waals surface area contributed by atoms with E-state index in [2.05, 4.69) is 4.90 Å². The Kier molecular flexibility index (Phi) is 6.97. The van der Waals surface area contributed by atoms with Crippen molar-refractivity contribution in [2.75, 3.05) is 51.8 Å². The first-order valence-electron chi connectivity index (χ1n) is 11.3. The zero-order chi connectivity index (χ0) is 24.2. The smallest absolute Gasteiger partial charge is 0.288 e. The molecular weight excluding hydrogens is 440 g/mol. The number of rotatable bonds is 8. The zero-order valence-corrected chi connectivity index (χ0v) is 19.4. The van der Waals surface area contributed by atoms with Crippen molar-refractivity contribution in [2.45, 2.75) is 18.9 Å². The second-order valence-corrected chi connectivity index (χ2v) is 8.50. The lowest BCUT2D eigenvalue weighted by atomic mass is 10.1. The number of non-ortho nitro benzene ring substituents is 1. The molecule has 0 spiro atoms. The van der Waals surface area contributed by atoms with Crippen LogP contribution in [0.15, 0.2) is 42.5 Å². The van der Waals surface area contributed by atoms with Crippen molar-refractivity contribution >= 4 is 23.2 Å². The molecule has 2 saturated heterocycles. The van der Waals surface area contributed by atoms with Crippen LogP contribution in [-0.4, -0.2) is 74.6 Å². The maximum atomic E-state index is 13.1. The number of anilines is 1. The Balaban J connectivity index is 1.33. The first-order chi connectivity index (χ1) is 16.4. The fourth-order valence-corrected chi connectivity index (χ4v) is 4.70. The SMILES string of the molecule is COc1ccc(CCN2C(=O)C[C@H]([NH+]3CCN(c4ccc([N+](=O)[O-])cc4)CC3)C2=O)cc1OC. The van der Waals surface area contributed by atoms with Crippen LogP contribution < -0.4 is 19.3 Å². The highest BCUT2D eigenvalue weighted by Crippen LogP contribution is 2.28. The topological polar surface area (TPSA) is 107 Å². The van der Waals surface area contributed by atoms with E-state index in [1.165, 1.54) is 17.0 Å². The lowest BCUT2D eigenvalue weighted by molar-refractivity contribution is -0.915. The number of nitrogens with one attached hydrogen (secondary N) is 1. The van der Waals surface area contributed by atoms with Crippen LogP contribution in [0.1, 0.15) is 12.0 Å². The van der Waals surface area contributed by atoms with Gasteiger partial charge in [-0.2, -0.15) is 0 Å². The number of amides is 2. The van der Waals surface area contributed by atoms with E-state index in [9.17, 15) is 19.7 Å². The average Bonchev–Trinajstić information content (AvgIpc) is 3.15. The van der Waals surface area contributed by atoms with E-state index in [1.54, 1.807) is 26.4 Å². The molecule has 180 valence electrons. The van der Waals surface area contributed by atoms with E-state index in [4.69, 9.17) is 9.47 Å². The minimum Gasteiger partial charge on any atom is -0.493 e. The number of nitrogens with zero attached hydrogens (tertiary/aromatic N) is 3. The summed E-state index contributed by atoms with van der Waals surface area (Å²) in [5, 5.41) is 10.9. The molecule has 0 bridgehead atoms. The van der Waals surface area contributed by atoms with E-state index in [-0.39, 0.29) is 30.0 Å². The van der Waals surface area contributed by atoms with Crippen LogP contribution in [0.5, 0.6) is 11.5 Å². The fraction of sp³-hybridized carbons (Fsp3) is 0.417. The molecule has 2 aromatic rings. The molecule has 10 heteroatoms. The molecule has 0 saturated carbocycles. The highest BCUT2D eigenvalue weighted by Gasteiger charge is 2.45. The van der Waals surface area contributed by atoms with Crippen molar-refractivity contribution in [1.82, 2.24) is 4.90 Å². The van der Waals surface area contributed by atoms with Crippen molar-refractivity contribution in [3.05, 3.63) is 58.1 Å². The molecule has 2 aliphatic rings. The maximum Gasteiger partial charge on any atom is 0.288 e. The lowest BCUT2D eigenvalue weighted by Gasteiger charge is -2.35. The predicted octanol–water partition coefficient (Wildman–Crippen LogP) is 0.687. The van der Waals surface area contributed by atoms with Crippen LogP contribution >= 0.6 is 0 Å². The highest BCUT2D eigenvalue weighted by atomic mass is 16.6. The number of quaternary nitrogens is 1. The van der Waals surface area contributed by atoms with Gasteiger partial charge in [-0.25, -0.2) is 0 Å². The van der Waals surface area contributed by atoms with E-state index in [1.807, 2.05) is 18.2 Å². The molecule has 4 rings (SSSR count). The minimum absolute atomic E-state index is 0.0660. The second kappa shape index (κ2) is 10.1. The van der Waals surface area contributed by atoms with Gasteiger partial charge in [-0.1, -0.05) is 6.07 Å². The predicted molar refractivity (Wildman–Crippen MR) is 124 cm³/mol. The maximum absolute atomic E-state index is 13.1. The molecular formula is C24H29N4O6+. The quantitative estimate of drug-likeness (QED) is 0.344. The zero-order valence-electron chi connectivity index (χ0n) is 19.4. The van der Waals surface area contributed by atoms with Gasteiger partial charge in [0.1, 0.15) is 0 Å². The first-order valence-corrected chi connectivity index (χ1v) is 11.3. The normalized spacial score (nSPS) is 18.9. The molecule has 2 aliphatic heterocycles. The number of methoxy groups -OCH3 is 2. The fourth-order valence-electron chi connectivity index (χ4n) is 4.70. The standard InChI is InChI=1S/C24H28N4O6/c1-33-21-8-3-17(15-22(21)34-2)9-10-27-23(29)16-20(24(27)30)26-13-11-25(12-14-26)18-4-6-19(7-5-18)28(31)32/h3-8,15,20H,9-14,16H2,1-2H3/p+1/t20-/m0/s1. The number of nitro groups is 1. The minimum atomic E-state index is -0.411. The van der Waals surface area contributed by atoms with Gasteiger partial charge in [-0.3, -0.25) is 24.6 Å². The Morgan fingerprint density at radius 2 is 1.71 bits per heavy atom. The molecule has 1 atom stereocenters. The Hall–Kier alpha value is -3.66. The van der Waals surface area contributed by atoms with E-state index in [0.29, 0.717) is 24.5 Å². The van der Waals surface area contributed by atoms with Crippen LogP contribution in [0.4, 0.5) is 11.4 Å². The summed E-state index contributed by atoms with van der Waals surface area (Å²) in [6.45, 7) is 3.23. The third-order valence-electron chi connectivity index (χ3n) is 6.64. The summed E-state index contributed by atoms with van der Waals surface area (Å²) < 4.78 is 10.6. The van der Waals surface area contributed by atoms with Crippen molar-refractivity contribution < 1.29 is 28.9 Å². The van der Waals surface area contributed by atoms with Gasteiger partial charge in [0, 0.05) is 24.4 Å². The number of hydrogen-bond donors (Lipinski definition) is 1. The Morgan fingerprint density at radius 1 is 1.03 bits per heavy atom. The summed E-state index contributed by atoms with van der Waals surface area (Å²) in [4.78, 5) is 40.8. The number of nitro benzene ring substituents is 1. The Morgan fingerprint density at radius 3 is 2.32 bits per heavy atom. The van der Waals surface area contributed by atoms with Gasteiger partial charge in [0.05, 0.1) is 51.7 Å². The van der Waals surface area contributed by atoms with Crippen LogP contribution in [-0.2, 0) is 16.0 Å². The molecule has 0 aromatic heterocycles. The number of carbonyl (C=O) groups is 2. The highest BCUT2D eigenvalue weighted by molar-refractivity contribution is 6.04. The van der Waals surface area contributed by atoms with Crippen molar-refractivity contribution in [1.29, 1.82) is 0 Å². The molecule has 2 amide bonds. The summed E-state index contributed by atoms with van der Waals surface area (Å²) in [7, 11) is 3.15. The molecule has 2 aromatic carbocycles. The number of carbonyl (C=O) groups excluding carboxylic acids is 2. The van der Waals surface area contributed by atoms with Gasteiger partial charge in [0.2, 0.25) is 5.91 Å². The average molecular weight is 470 g/mol. The van der Waals surface area contributed by atoms with Gasteiger partial charge in [-0.05, 0) is 36.2 Å². The van der Waals surface area contributed by atoms with Gasteiger partial charge in [0.25, 0.3) is 11.6 Å². The largest absolute Gasteiger partial charge is 0.493 e. The molecule has 34 heavy (non-hydrogen) atoms. The summed E-state index contributed by atoms with van der Waals surface area (Å²) >= 11 is 0. The number of imide groups is 1. The second-order valence-electron chi connectivity index (χ2n) is 8.50.